The zero-order valence-electron chi connectivity index (χ0n) is 11.2. The number of imidazole rings is 1. The highest BCUT2D eigenvalue weighted by atomic mass is 15.4. The van der Waals surface area contributed by atoms with Gasteiger partial charge in [0.15, 0.2) is 11.5 Å². The molecule has 3 rings (SSSR count). The Morgan fingerprint density at radius 2 is 2.20 bits per heavy atom. The molecule has 0 amide bonds. The van der Waals surface area contributed by atoms with Crippen molar-refractivity contribution in [1.29, 1.82) is 0 Å². The van der Waals surface area contributed by atoms with Crippen LogP contribution in [-0.4, -0.2) is 41.2 Å². The van der Waals surface area contributed by atoms with Gasteiger partial charge >= 0.3 is 0 Å². The molecule has 0 saturated heterocycles. The van der Waals surface area contributed by atoms with Crippen LogP contribution in [0.15, 0.2) is 12.7 Å². The Morgan fingerprint density at radius 1 is 1.35 bits per heavy atom. The molecule has 0 aliphatic rings. The topological polar surface area (TPSA) is 123 Å². The molecule has 9 nitrogen and oxygen atoms in total. The van der Waals surface area contributed by atoms with E-state index in [1.54, 1.807) is 6.33 Å². The summed E-state index contributed by atoms with van der Waals surface area (Å²) >= 11 is 0. The van der Waals surface area contributed by atoms with E-state index in [9.17, 15) is 0 Å². The van der Waals surface area contributed by atoms with Crippen LogP contribution >= 0.6 is 0 Å². The molecule has 0 radical (unpaired) electrons. The second-order valence-corrected chi connectivity index (χ2v) is 4.78. The quantitative estimate of drug-likeness (QED) is 0.635. The maximum atomic E-state index is 5.89. The van der Waals surface area contributed by atoms with Crippen molar-refractivity contribution in [3.63, 3.8) is 0 Å². The summed E-state index contributed by atoms with van der Waals surface area (Å²) in [6, 6.07) is 0. The van der Waals surface area contributed by atoms with Crippen molar-refractivity contribution in [2.45, 2.75) is 13.8 Å². The first-order chi connectivity index (χ1) is 9.65. The Morgan fingerprint density at radius 3 is 3.00 bits per heavy atom. The molecule has 4 N–H and O–H groups in total. The molecule has 0 aliphatic carbocycles. The Bertz CT molecular complexity index is 726. The minimum atomic E-state index is 0.255. The average Bonchev–Trinajstić information content (AvgIpc) is 3.02. The zero-order valence-corrected chi connectivity index (χ0v) is 11.2. The van der Waals surface area contributed by atoms with Gasteiger partial charge < -0.3 is 16.0 Å². The molecular weight excluding hydrogens is 258 g/mol. The number of fused-ring (bicyclic) bond motifs is 1. The molecule has 0 unspecified atom stereocenters. The van der Waals surface area contributed by atoms with Gasteiger partial charge in [0.05, 0.1) is 6.33 Å². The maximum Gasteiger partial charge on any atom is 0.244 e. The van der Waals surface area contributed by atoms with Crippen molar-refractivity contribution in [2.75, 3.05) is 17.6 Å². The van der Waals surface area contributed by atoms with Gasteiger partial charge in [-0.15, -0.1) is 5.10 Å². The lowest BCUT2D eigenvalue weighted by atomic mass is 10.2. The Hall–Kier alpha value is -2.71. The van der Waals surface area contributed by atoms with Gasteiger partial charge in [-0.05, 0) is 5.92 Å². The van der Waals surface area contributed by atoms with Crippen LogP contribution in [0.1, 0.15) is 13.8 Å². The first kappa shape index (κ1) is 12.3. The maximum absolute atomic E-state index is 5.89. The predicted octanol–water partition coefficient (Wildman–Crippen LogP) is 0.584. The second-order valence-electron chi connectivity index (χ2n) is 4.78. The molecule has 0 aromatic carbocycles. The fourth-order valence-corrected chi connectivity index (χ4v) is 1.76. The van der Waals surface area contributed by atoms with Crippen molar-refractivity contribution in [1.82, 2.24) is 34.7 Å². The molecular formula is C11H15N9. The summed E-state index contributed by atoms with van der Waals surface area (Å²) in [7, 11) is 0. The molecule has 9 heteroatoms. The number of hydrogen-bond donors (Lipinski definition) is 3. The lowest BCUT2D eigenvalue weighted by Crippen LogP contribution is -2.09. The summed E-state index contributed by atoms with van der Waals surface area (Å²) in [5.74, 6) is 1.74. The minimum absolute atomic E-state index is 0.255. The van der Waals surface area contributed by atoms with E-state index in [2.05, 4.69) is 49.2 Å². The molecule has 0 saturated carbocycles. The van der Waals surface area contributed by atoms with E-state index >= 15 is 0 Å². The molecule has 0 spiro atoms. The number of anilines is 2. The van der Waals surface area contributed by atoms with Gasteiger partial charge in [0.1, 0.15) is 11.8 Å². The molecule has 0 fully saturated rings. The molecule has 3 aromatic heterocycles. The minimum Gasteiger partial charge on any atom is -0.368 e. The van der Waals surface area contributed by atoms with Gasteiger partial charge in [0.25, 0.3) is 0 Å². The van der Waals surface area contributed by atoms with E-state index < -0.39 is 0 Å². The highest BCUT2D eigenvalue weighted by Gasteiger charge is 2.14. The summed E-state index contributed by atoms with van der Waals surface area (Å²) in [6.45, 7) is 4.98. The van der Waals surface area contributed by atoms with Crippen molar-refractivity contribution in [3.05, 3.63) is 12.7 Å². The third-order valence-corrected chi connectivity index (χ3v) is 2.70. The standard InChI is InChI=1S/C11H15N9/c1-6(2)3-13-11-18-10(12)20(19-11)9-7-8(15-4-14-7)16-5-17-9/h4-6H,3H2,1-2H3,(H3,12,13,18,19)(H,14,15,16,17). The van der Waals surface area contributed by atoms with Crippen LogP contribution in [0.5, 0.6) is 0 Å². The van der Waals surface area contributed by atoms with Crippen molar-refractivity contribution in [2.24, 2.45) is 5.92 Å². The predicted molar refractivity (Wildman–Crippen MR) is 74.3 cm³/mol. The summed E-state index contributed by atoms with van der Waals surface area (Å²) in [6.07, 6.45) is 2.97. The Balaban J connectivity index is 1.99. The summed E-state index contributed by atoms with van der Waals surface area (Å²) in [5, 5.41) is 7.44. The third-order valence-electron chi connectivity index (χ3n) is 2.70. The molecule has 3 aromatic rings. The smallest absolute Gasteiger partial charge is 0.244 e. The molecule has 3 heterocycles. The molecule has 0 aliphatic heterocycles. The molecule has 0 atom stereocenters. The third kappa shape index (κ3) is 2.13. The number of nitrogens with one attached hydrogen (secondary N) is 2. The number of nitrogens with zero attached hydrogens (tertiary/aromatic N) is 6. The van der Waals surface area contributed by atoms with Crippen LogP contribution in [-0.2, 0) is 0 Å². The fourth-order valence-electron chi connectivity index (χ4n) is 1.76. The van der Waals surface area contributed by atoms with E-state index in [0.717, 1.165) is 6.54 Å². The van der Waals surface area contributed by atoms with Gasteiger partial charge in [-0.3, -0.25) is 0 Å². The van der Waals surface area contributed by atoms with Gasteiger partial charge in [0, 0.05) is 6.54 Å². The number of aromatic nitrogens is 7. The molecule has 20 heavy (non-hydrogen) atoms. The van der Waals surface area contributed by atoms with Crippen molar-refractivity contribution in [3.8, 4) is 5.82 Å². The lowest BCUT2D eigenvalue weighted by Gasteiger charge is -2.04. The highest BCUT2D eigenvalue weighted by molar-refractivity contribution is 5.77. The number of aromatic amines is 1. The van der Waals surface area contributed by atoms with Crippen LogP contribution in [0.25, 0.3) is 17.0 Å². The second kappa shape index (κ2) is 4.76. The SMILES string of the molecule is CC(C)CNc1nc(N)n(-c2ncnc3nc[nH]c23)n1. The van der Waals surface area contributed by atoms with Crippen LogP contribution in [0.2, 0.25) is 0 Å². The van der Waals surface area contributed by atoms with E-state index in [-0.39, 0.29) is 5.95 Å². The first-order valence-corrected chi connectivity index (χ1v) is 6.26. The van der Waals surface area contributed by atoms with Crippen LogP contribution in [0, 0.1) is 5.92 Å². The van der Waals surface area contributed by atoms with Gasteiger partial charge in [-0.25, -0.2) is 15.0 Å². The summed E-state index contributed by atoms with van der Waals surface area (Å²) < 4.78 is 1.46. The van der Waals surface area contributed by atoms with Gasteiger partial charge in [-0.1, -0.05) is 13.8 Å². The number of nitrogen functional groups attached to an aromatic ring is 1. The van der Waals surface area contributed by atoms with Crippen LogP contribution < -0.4 is 11.1 Å². The average molecular weight is 273 g/mol. The monoisotopic (exact) mass is 273 g/mol. The van der Waals surface area contributed by atoms with Crippen LogP contribution in [0.4, 0.5) is 11.9 Å². The van der Waals surface area contributed by atoms with Gasteiger partial charge in [-0.2, -0.15) is 9.67 Å². The first-order valence-electron chi connectivity index (χ1n) is 6.26. The van der Waals surface area contributed by atoms with E-state index in [1.165, 1.54) is 11.0 Å². The van der Waals surface area contributed by atoms with E-state index in [4.69, 9.17) is 5.73 Å². The summed E-state index contributed by atoms with van der Waals surface area (Å²) in [4.78, 5) is 19.5. The molecule has 0 bridgehead atoms. The number of rotatable bonds is 4. The largest absolute Gasteiger partial charge is 0.368 e. The number of nitrogens with two attached hydrogens (primary N) is 1. The lowest BCUT2D eigenvalue weighted by molar-refractivity contribution is 0.684. The zero-order chi connectivity index (χ0) is 14.1. The Kier molecular flexibility index (Phi) is 2.93. The fraction of sp³-hybridized carbons (Fsp3) is 0.364. The Labute approximate surface area is 114 Å². The normalized spacial score (nSPS) is 11.3. The van der Waals surface area contributed by atoms with Crippen molar-refractivity contribution < 1.29 is 0 Å². The summed E-state index contributed by atoms with van der Waals surface area (Å²) in [5.41, 5.74) is 7.12. The van der Waals surface area contributed by atoms with E-state index in [0.29, 0.717) is 28.8 Å². The number of H-pyrrole nitrogens is 1. The number of hydrogen-bond acceptors (Lipinski definition) is 7. The van der Waals surface area contributed by atoms with Gasteiger partial charge in [0.2, 0.25) is 11.9 Å². The highest BCUT2D eigenvalue weighted by Crippen LogP contribution is 2.17. The van der Waals surface area contributed by atoms with E-state index in [1.807, 2.05) is 0 Å². The molecule has 104 valence electrons. The van der Waals surface area contributed by atoms with Crippen molar-refractivity contribution >= 4 is 23.1 Å². The van der Waals surface area contributed by atoms with Crippen LogP contribution in [0.3, 0.4) is 0 Å².